The molecule has 0 aromatic rings. The van der Waals surface area contributed by atoms with Crippen LogP contribution in [0.2, 0.25) is 0 Å². The van der Waals surface area contributed by atoms with Crippen molar-refractivity contribution >= 4 is 0 Å². The van der Waals surface area contributed by atoms with Gasteiger partial charge in [0.25, 0.3) is 0 Å². The van der Waals surface area contributed by atoms with Gasteiger partial charge < -0.3 is 10.0 Å². The number of β-amino-alcohol motifs (C(OH)–C–C–N with tert-alkyl or cyclic N) is 1. The first-order valence-corrected chi connectivity index (χ1v) is 5.47. The average molecular weight is 187 g/mol. The highest BCUT2D eigenvalue weighted by Crippen LogP contribution is 2.29. The summed E-state index contributed by atoms with van der Waals surface area (Å²) < 4.78 is 0. The molecular formula is C11H25NO. The highest BCUT2D eigenvalue weighted by molar-refractivity contribution is 4.77. The van der Waals surface area contributed by atoms with Crippen LogP contribution in [0.15, 0.2) is 0 Å². The molecule has 0 amide bonds. The summed E-state index contributed by atoms with van der Waals surface area (Å²) in [6.07, 6.45) is 2.54. The predicted molar refractivity (Wildman–Crippen MR) is 57.9 cm³/mol. The minimum absolute atomic E-state index is 0.306. The Hall–Kier alpha value is -0.0800. The van der Waals surface area contributed by atoms with Crippen molar-refractivity contribution in [2.24, 2.45) is 5.41 Å². The highest BCUT2D eigenvalue weighted by atomic mass is 16.3. The predicted octanol–water partition coefficient (Wildman–Crippen LogP) is 2.13. The van der Waals surface area contributed by atoms with Crippen LogP contribution in [0.3, 0.4) is 0 Å². The van der Waals surface area contributed by atoms with Gasteiger partial charge in [-0.15, -0.1) is 0 Å². The second kappa shape index (κ2) is 6.39. The van der Waals surface area contributed by atoms with E-state index in [9.17, 15) is 0 Å². The summed E-state index contributed by atoms with van der Waals surface area (Å²) in [7, 11) is 0. The molecule has 0 saturated carbocycles. The van der Waals surface area contributed by atoms with Crippen molar-refractivity contribution in [2.45, 2.75) is 40.5 Å². The third-order valence-corrected chi connectivity index (χ3v) is 2.63. The molecule has 0 bridgehead atoms. The fraction of sp³-hybridized carbons (Fsp3) is 1.00. The number of nitrogens with zero attached hydrogens (tertiary/aromatic N) is 1. The topological polar surface area (TPSA) is 23.5 Å². The molecular weight excluding hydrogens is 162 g/mol. The first-order chi connectivity index (χ1) is 6.14. The first kappa shape index (κ1) is 12.9. The summed E-state index contributed by atoms with van der Waals surface area (Å²) in [5, 5.41) is 8.71. The van der Waals surface area contributed by atoms with Gasteiger partial charge in [0.1, 0.15) is 0 Å². The van der Waals surface area contributed by atoms with Gasteiger partial charge in [0.2, 0.25) is 0 Å². The van der Waals surface area contributed by atoms with E-state index < -0.39 is 0 Å². The third-order valence-electron chi connectivity index (χ3n) is 2.63. The lowest BCUT2D eigenvalue weighted by Gasteiger charge is -2.36. The summed E-state index contributed by atoms with van der Waals surface area (Å²) in [6, 6.07) is 0. The molecule has 0 radical (unpaired) electrons. The molecule has 0 aliphatic carbocycles. The standard InChI is InChI=1S/C9H19NO.C2H6/c1-9(2)3-5-10(6-4-9)7-8-11;1-2/h11H,3-8H2,1-2H3;1-2H3. The van der Waals surface area contributed by atoms with E-state index in [1.54, 1.807) is 0 Å². The van der Waals surface area contributed by atoms with Crippen LogP contribution >= 0.6 is 0 Å². The maximum absolute atomic E-state index is 8.71. The minimum atomic E-state index is 0.306. The number of hydrogen-bond donors (Lipinski definition) is 1. The van der Waals surface area contributed by atoms with Crippen molar-refractivity contribution in [1.29, 1.82) is 0 Å². The molecule has 1 aliphatic rings. The van der Waals surface area contributed by atoms with E-state index in [1.807, 2.05) is 13.8 Å². The Balaban J connectivity index is 0.000000671. The third kappa shape index (κ3) is 5.27. The van der Waals surface area contributed by atoms with Crippen molar-refractivity contribution in [3.8, 4) is 0 Å². The molecule has 1 aliphatic heterocycles. The van der Waals surface area contributed by atoms with Crippen molar-refractivity contribution in [3.63, 3.8) is 0 Å². The van der Waals surface area contributed by atoms with Gasteiger partial charge in [-0.2, -0.15) is 0 Å². The molecule has 1 heterocycles. The molecule has 80 valence electrons. The molecule has 0 unspecified atom stereocenters. The Labute approximate surface area is 82.9 Å². The van der Waals surface area contributed by atoms with Gasteiger partial charge >= 0.3 is 0 Å². The van der Waals surface area contributed by atoms with Gasteiger partial charge in [-0.05, 0) is 31.3 Å². The van der Waals surface area contributed by atoms with E-state index in [0.29, 0.717) is 12.0 Å². The maximum Gasteiger partial charge on any atom is 0.0558 e. The zero-order valence-electron chi connectivity index (χ0n) is 9.64. The molecule has 2 heteroatoms. The Kier molecular flexibility index (Phi) is 6.35. The van der Waals surface area contributed by atoms with E-state index in [4.69, 9.17) is 5.11 Å². The van der Waals surface area contributed by atoms with Crippen molar-refractivity contribution in [2.75, 3.05) is 26.2 Å². The first-order valence-electron chi connectivity index (χ1n) is 5.47. The summed E-state index contributed by atoms with van der Waals surface area (Å²) in [6.45, 7) is 12.1. The van der Waals surface area contributed by atoms with Gasteiger partial charge in [-0.25, -0.2) is 0 Å². The number of likely N-dealkylation sites (tertiary alicyclic amines) is 1. The lowest BCUT2D eigenvalue weighted by atomic mass is 9.83. The van der Waals surface area contributed by atoms with Crippen LogP contribution in [0.25, 0.3) is 0 Å². The molecule has 13 heavy (non-hydrogen) atoms. The van der Waals surface area contributed by atoms with Crippen LogP contribution in [0.1, 0.15) is 40.5 Å². The number of rotatable bonds is 2. The van der Waals surface area contributed by atoms with Crippen LogP contribution in [0.4, 0.5) is 0 Å². The molecule has 0 aromatic carbocycles. The number of hydrogen-bond acceptors (Lipinski definition) is 2. The van der Waals surface area contributed by atoms with Gasteiger partial charge in [-0.3, -0.25) is 0 Å². The molecule has 2 nitrogen and oxygen atoms in total. The average Bonchev–Trinajstić information content (AvgIpc) is 2.13. The number of aliphatic hydroxyl groups is 1. The number of aliphatic hydroxyl groups excluding tert-OH is 1. The summed E-state index contributed by atoms with van der Waals surface area (Å²) in [5.41, 5.74) is 0.534. The zero-order chi connectivity index (χ0) is 10.3. The van der Waals surface area contributed by atoms with E-state index in [0.717, 1.165) is 19.6 Å². The summed E-state index contributed by atoms with van der Waals surface area (Å²) in [4.78, 5) is 2.34. The quantitative estimate of drug-likeness (QED) is 0.716. The van der Waals surface area contributed by atoms with Crippen LogP contribution in [0, 0.1) is 5.41 Å². The van der Waals surface area contributed by atoms with E-state index >= 15 is 0 Å². The molecule has 0 atom stereocenters. The van der Waals surface area contributed by atoms with Crippen molar-refractivity contribution < 1.29 is 5.11 Å². The Morgan fingerprint density at radius 2 is 1.62 bits per heavy atom. The normalized spacial score (nSPS) is 21.9. The zero-order valence-corrected chi connectivity index (χ0v) is 9.64. The minimum Gasteiger partial charge on any atom is -0.395 e. The van der Waals surface area contributed by atoms with Crippen LogP contribution in [-0.2, 0) is 0 Å². The van der Waals surface area contributed by atoms with Gasteiger partial charge in [0.15, 0.2) is 0 Å². The molecule has 1 N–H and O–H groups in total. The van der Waals surface area contributed by atoms with E-state index in [-0.39, 0.29) is 0 Å². The van der Waals surface area contributed by atoms with Gasteiger partial charge in [-0.1, -0.05) is 27.7 Å². The largest absolute Gasteiger partial charge is 0.395 e. The second-order valence-electron chi connectivity index (χ2n) is 4.23. The fourth-order valence-electron chi connectivity index (χ4n) is 1.52. The molecule has 1 fully saturated rings. The summed E-state index contributed by atoms with van der Waals surface area (Å²) in [5.74, 6) is 0. The Bertz CT molecular complexity index is 113. The molecule has 1 rings (SSSR count). The molecule has 0 aromatic heterocycles. The maximum atomic E-state index is 8.71. The summed E-state index contributed by atoms with van der Waals surface area (Å²) >= 11 is 0. The van der Waals surface area contributed by atoms with Crippen molar-refractivity contribution in [3.05, 3.63) is 0 Å². The fourth-order valence-corrected chi connectivity index (χ4v) is 1.52. The highest BCUT2D eigenvalue weighted by Gasteiger charge is 2.24. The van der Waals surface area contributed by atoms with E-state index in [1.165, 1.54) is 12.8 Å². The molecule has 0 spiro atoms. The Morgan fingerprint density at radius 1 is 1.15 bits per heavy atom. The number of piperidine rings is 1. The van der Waals surface area contributed by atoms with Crippen LogP contribution in [0.5, 0.6) is 0 Å². The van der Waals surface area contributed by atoms with Gasteiger partial charge in [0.05, 0.1) is 6.61 Å². The van der Waals surface area contributed by atoms with Crippen LogP contribution < -0.4 is 0 Å². The SMILES string of the molecule is CC.CC1(C)CCN(CCO)CC1. The lowest BCUT2D eigenvalue weighted by Crippen LogP contribution is -2.38. The van der Waals surface area contributed by atoms with Gasteiger partial charge in [0, 0.05) is 6.54 Å². The Morgan fingerprint density at radius 3 is 2.00 bits per heavy atom. The monoisotopic (exact) mass is 187 g/mol. The lowest BCUT2D eigenvalue weighted by molar-refractivity contribution is 0.111. The second-order valence-corrected chi connectivity index (χ2v) is 4.23. The smallest absolute Gasteiger partial charge is 0.0558 e. The van der Waals surface area contributed by atoms with Crippen molar-refractivity contribution in [1.82, 2.24) is 4.90 Å². The van der Waals surface area contributed by atoms with Crippen LogP contribution in [-0.4, -0.2) is 36.2 Å². The molecule has 1 saturated heterocycles. The van der Waals surface area contributed by atoms with E-state index in [2.05, 4.69) is 18.7 Å².